The summed E-state index contributed by atoms with van der Waals surface area (Å²) in [6.45, 7) is 3.74. The molecule has 2 aromatic heterocycles. The Morgan fingerprint density at radius 1 is 0.926 bits per heavy atom. The molecule has 0 aliphatic carbocycles. The molecular weight excluding hydrogens is 358 g/mol. The van der Waals surface area contributed by atoms with Gasteiger partial charge in [-0.15, -0.1) is 20.4 Å². The van der Waals surface area contributed by atoms with Crippen molar-refractivity contribution >= 4 is 11.8 Å². The van der Waals surface area contributed by atoms with Crippen LogP contribution in [0.25, 0.3) is 0 Å². The average molecular weight is 377 g/mol. The van der Waals surface area contributed by atoms with Crippen LogP contribution in [-0.2, 0) is 13.1 Å². The lowest BCUT2D eigenvalue weighted by Gasteiger charge is -2.16. The van der Waals surface area contributed by atoms with E-state index in [1.165, 1.54) is 30.2 Å². The van der Waals surface area contributed by atoms with Gasteiger partial charge in [0, 0.05) is 0 Å². The van der Waals surface area contributed by atoms with E-state index in [-0.39, 0.29) is 0 Å². The Hall–Kier alpha value is -2.76. The molecule has 3 heterocycles. The summed E-state index contributed by atoms with van der Waals surface area (Å²) in [6, 6.07) is 15.8. The van der Waals surface area contributed by atoms with E-state index in [1.54, 1.807) is 12.1 Å². The van der Waals surface area contributed by atoms with Gasteiger partial charge >= 0.3 is 0 Å². The zero-order chi connectivity index (χ0) is 18.5. The summed E-state index contributed by atoms with van der Waals surface area (Å²) in [6.07, 6.45) is 2.49. The Labute approximate surface area is 162 Å². The first kappa shape index (κ1) is 17.6. The molecule has 0 atom stereocenters. The van der Waals surface area contributed by atoms with Crippen molar-refractivity contribution in [3.8, 4) is 6.07 Å². The van der Waals surface area contributed by atoms with Crippen molar-refractivity contribution in [3.63, 3.8) is 0 Å². The van der Waals surface area contributed by atoms with Crippen LogP contribution in [0.3, 0.4) is 0 Å². The summed E-state index contributed by atoms with van der Waals surface area (Å²) in [5, 5.41) is 27.2. The van der Waals surface area contributed by atoms with Gasteiger partial charge in [-0.25, -0.2) is 0 Å². The number of rotatable bonds is 6. The smallest absolute Gasteiger partial charge is 0.197 e. The molecule has 0 spiro atoms. The summed E-state index contributed by atoms with van der Waals surface area (Å²) in [4.78, 5) is 2.42. The first-order valence-corrected chi connectivity index (χ1v) is 9.73. The molecule has 4 rings (SSSR count). The topological polar surface area (TPSA) is 83.5 Å². The molecule has 0 amide bonds. The van der Waals surface area contributed by atoms with E-state index in [1.807, 2.05) is 24.3 Å². The van der Waals surface area contributed by atoms with Gasteiger partial charge in [0.05, 0.1) is 13.1 Å². The Balaban J connectivity index is 1.60. The van der Waals surface area contributed by atoms with Crippen molar-refractivity contribution in [1.29, 1.82) is 5.26 Å². The van der Waals surface area contributed by atoms with E-state index in [4.69, 9.17) is 5.26 Å². The van der Waals surface area contributed by atoms with Gasteiger partial charge in [0.2, 0.25) is 0 Å². The summed E-state index contributed by atoms with van der Waals surface area (Å²) < 4.78 is 2.15. The fraction of sp³-hybridized carbons (Fsp3) is 0.316. The maximum absolute atomic E-state index is 8.88. The van der Waals surface area contributed by atoms with Crippen molar-refractivity contribution in [2.75, 3.05) is 13.1 Å². The number of nitriles is 1. The lowest BCUT2D eigenvalue weighted by Crippen LogP contribution is -2.21. The number of aromatic nitrogens is 5. The predicted molar refractivity (Wildman–Crippen MR) is 101 cm³/mol. The third-order valence-corrected chi connectivity index (χ3v) is 5.40. The van der Waals surface area contributed by atoms with E-state index in [9.17, 15) is 0 Å². The fourth-order valence-electron chi connectivity index (χ4n) is 3.10. The fourth-order valence-corrected chi connectivity index (χ4v) is 3.87. The maximum atomic E-state index is 8.88. The van der Waals surface area contributed by atoms with Gasteiger partial charge in [-0.1, -0.05) is 30.3 Å². The van der Waals surface area contributed by atoms with E-state index in [2.05, 4.69) is 42.0 Å². The van der Waals surface area contributed by atoms with Crippen LogP contribution in [0.1, 0.15) is 29.9 Å². The zero-order valence-corrected chi connectivity index (χ0v) is 15.6. The summed E-state index contributed by atoms with van der Waals surface area (Å²) >= 11 is 1.42. The van der Waals surface area contributed by atoms with Gasteiger partial charge in [-0.05, 0) is 55.4 Å². The third kappa shape index (κ3) is 4.32. The quantitative estimate of drug-likeness (QED) is 0.653. The third-order valence-electron chi connectivity index (χ3n) is 4.49. The van der Waals surface area contributed by atoms with Gasteiger partial charge in [-0.3, -0.25) is 4.90 Å². The van der Waals surface area contributed by atoms with Crippen LogP contribution in [-0.4, -0.2) is 43.0 Å². The summed E-state index contributed by atoms with van der Waals surface area (Å²) in [7, 11) is 0. The van der Waals surface area contributed by atoms with Gasteiger partial charge in [-0.2, -0.15) is 5.26 Å². The minimum absolute atomic E-state index is 0.305. The number of hydrogen-bond acceptors (Lipinski definition) is 7. The Morgan fingerprint density at radius 3 is 2.44 bits per heavy atom. The number of likely N-dealkylation sites (tertiary alicyclic amines) is 1. The molecule has 136 valence electrons. The number of nitrogens with zero attached hydrogens (tertiary/aromatic N) is 7. The maximum Gasteiger partial charge on any atom is 0.197 e. The molecule has 1 aliphatic heterocycles. The Bertz CT molecular complexity index is 925. The molecule has 0 N–H and O–H groups in total. The van der Waals surface area contributed by atoms with Crippen molar-refractivity contribution in [2.24, 2.45) is 0 Å². The van der Waals surface area contributed by atoms with E-state index >= 15 is 0 Å². The van der Waals surface area contributed by atoms with E-state index < -0.39 is 0 Å². The van der Waals surface area contributed by atoms with Crippen molar-refractivity contribution in [1.82, 2.24) is 29.9 Å². The number of benzene rings is 1. The van der Waals surface area contributed by atoms with Gasteiger partial charge in [0.25, 0.3) is 0 Å². The molecule has 1 aliphatic rings. The number of hydrogen-bond donors (Lipinski definition) is 0. The molecule has 1 saturated heterocycles. The van der Waals surface area contributed by atoms with Crippen molar-refractivity contribution < 1.29 is 0 Å². The SMILES string of the molecule is N#Cc1ccc(Sc2nnc(CN3CCCC3)n2Cc2ccccc2)nn1. The second kappa shape index (κ2) is 8.29. The van der Waals surface area contributed by atoms with Crippen LogP contribution in [0.5, 0.6) is 0 Å². The van der Waals surface area contributed by atoms with Crippen LogP contribution >= 0.6 is 11.8 Å². The van der Waals surface area contributed by atoms with Gasteiger partial charge in [0.15, 0.2) is 10.9 Å². The van der Waals surface area contributed by atoms with Gasteiger partial charge < -0.3 is 4.57 Å². The zero-order valence-electron chi connectivity index (χ0n) is 14.8. The largest absolute Gasteiger partial charge is 0.300 e. The molecule has 3 aromatic rings. The molecule has 27 heavy (non-hydrogen) atoms. The minimum atomic E-state index is 0.305. The highest BCUT2D eigenvalue weighted by Crippen LogP contribution is 2.26. The van der Waals surface area contributed by atoms with Crippen LogP contribution in [0.15, 0.2) is 52.6 Å². The first-order chi connectivity index (χ1) is 13.3. The molecule has 7 nitrogen and oxygen atoms in total. The van der Waals surface area contributed by atoms with Crippen LogP contribution < -0.4 is 0 Å². The monoisotopic (exact) mass is 377 g/mol. The molecule has 1 aromatic carbocycles. The standard InChI is InChI=1S/C19H19N7S/c20-12-16-8-9-18(23-21-16)27-19-24-22-17(14-25-10-4-5-11-25)26(19)13-15-6-2-1-3-7-15/h1-3,6-9H,4-5,10-11,13-14H2. The highest BCUT2D eigenvalue weighted by atomic mass is 32.2. The molecule has 8 heteroatoms. The van der Waals surface area contributed by atoms with E-state index in [0.717, 1.165) is 30.6 Å². The molecular formula is C19H19N7S. The normalized spacial score (nSPS) is 14.3. The van der Waals surface area contributed by atoms with Crippen LogP contribution in [0.2, 0.25) is 0 Å². The van der Waals surface area contributed by atoms with E-state index in [0.29, 0.717) is 17.3 Å². The van der Waals surface area contributed by atoms with Crippen molar-refractivity contribution in [3.05, 3.63) is 59.5 Å². The molecule has 1 fully saturated rings. The lowest BCUT2D eigenvalue weighted by molar-refractivity contribution is 0.316. The molecule has 0 unspecified atom stereocenters. The lowest BCUT2D eigenvalue weighted by atomic mass is 10.2. The van der Waals surface area contributed by atoms with Crippen LogP contribution in [0.4, 0.5) is 0 Å². The molecule has 0 bridgehead atoms. The van der Waals surface area contributed by atoms with Gasteiger partial charge in [0.1, 0.15) is 16.9 Å². The highest BCUT2D eigenvalue weighted by molar-refractivity contribution is 7.99. The molecule has 0 radical (unpaired) electrons. The predicted octanol–water partition coefficient (Wildman–Crippen LogP) is 2.74. The minimum Gasteiger partial charge on any atom is -0.300 e. The van der Waals surface area contributed by atoms with Crippen LogP contribution in [0, 0.1) is 11.3 Å². The Kier molecular flexibility index (Phi) is 5.42. The highest BCUT2D eigenvalue weighted by Gasteiger charge is 2.19. The second-order valence-corrected chi connectivity index (χ2v) is 7.41. The molecule has 0 saturated carbocycles. The Morgan fingerprint density at radius 2 is 1.74 bits per heavy atom. The first-order valence-electron chi connectivity index (χ1n) is 8.92. The second-order valence-electron chi connectivity index (χ2n) is 6.42. The summed E-state index contributed by atoms with van der Waals surface area (Å²) in [5.74, 6) is 0.963. The summed E-state index contributed by atoms with van der Waals surface area (Å²) in [5.41, 5.74) is 1.51. The average Bonchev–Trinajstić information content (AvgIpc) is 3.35. The van der Waals surface area contributed by atoms with Crippen molar-refractivity contribution in [2.45, 2.75) is 36.1 Å².